The number of nitrogens with one attached hydrogen (secondary N) is 2. The van der Waals surface area contributed by atoms with E-state index in [1.54, 1.807) is 36.5 Å². The molecule has 1 heterocycles. The zero-order valence-electron chi connectivity index (χ0n) is 14.5. The highest BCUT2D eigenvalue weighted by Gasteiger charge is 2.19. The Morgan fingerprint density at radius 2 is 1.88 bits per heavy atom. The fourth-order valence-corrected chi connectivity index (χ4v) is 4.12. The molecule has 0 aliphatic heterocycles. The molecule has 1 aliphatic carbocycles. The first-order chi connectivity index (χ1) is 12.5. The molecule has 0 saturated heterocycles. The highest BCUT2D eigenvalue weighted by Crippen LogP contribution is 2.18. The molecule has 1 amide bonds. The van der Waals surface area contributed by atoms with Crippen molar-refractivity contribution in [2.24, 2.45) is 0 Å². The van der Waals surface area contributed by atoms with Crippen LogP contribution in [0.1, 0.15) is 48.2 Å². The Morgan fingerprint density at radius 3 is 2.62 bits per heavy atom. The SMILES string of the molecule is O=C(NC1CCCCC1)c1cccc(S(=O)(=O)NCc2ccccn2)c1. The monoisotopic (exact) mass is 373 g/mol. The van der Waals surface area contributed by atoms with Gasteiger partial charge < -0.3 is 5.32 Å². The van der Waals surface area contributed by atoms with Crippen molar-refractivity contribution in [1.29, 1.82) is 0 Å². The summed E-state index contributed by atoms with van der Waals surface area (Å²) >= 11 is 0. The van der Waals surface area contributed by atoms with E-state index in [-0.39, 0.29) is 23.4 Å². The molecule has 26 heavy (non-hydrogen) atoms. The second kappa shape index (κ2) is 8.42. The van der Waals surface area contributed by atoms with E-state index in [1.807, 2.05) is 0 Å². The van der Waals surface area contributed by atoms with Gasteiger partial charge in [-0.3, -0.25) is 9.78 Å². The smallest absolute Gasteiger partial charge is 0.251 e. The van der Waals surface area contributed by atoms with Gasteiger partial charge in [-0.25, -0.2) is 13.1 Å². The molecule has 1 aliphatic rings. The van der Waals surface area contributed by atoms with Crippen LogP contribution in [0.5, 0.6) is 0 Å². The van der Waals surface area contributed by atoms with E-state index >= 15 is 0 Å². The third kappa shape index (κ3) is 4.89. The van der Waals surface area contributed by atoms with Gasteiger partial charge in [-0.15, -0.1) is 0 Å². The van der Waals surface area contributed by atoms with Gasteiger partial charge in [0.25, 0.3) is 5.91 Å². The fraction of sp³-hybridized carbons (Fsp3) is 0.368. The first-order valence-corrected chi connectivity index (χ1v) is 10.3. The fourth-order valence-electron chi connectivity index (χ4n) is 3.08. The standard InChI is InChI=1S/C19H23N3O3S/c23-19(22-16-8-2-1-3-9-16)15-7-6-11-18(13-15)26(24,25)21-14-17-10-4-5-12-20-17/h4-7,10-13,16,21H,1-3,8-9,14H2,(H,22,23). The molecule has 0 radical (unpaired) electrons. The summed E-state index contributed by atoms with van der Waals surface area (Å²) in [4.78, 5) is 16.6. The van der Waals surface area contributed by atoms with Crippen molar-refractivity contribution in [3.8, 4) is 0 Å². The first kappa shape index (κ1) is 18.5. The lowest BCUT2D eigenvalue weighted by molar-refractivity contribution is 0.0927. The van der Waals surface area contributed by atoms with E-state index < -0.39 is 10.0 Å². The number of aromatic nitrogens is 1. The van der Waals surface area contributed by atoms with Crippen LogP contribution in [-0.2, 0) is 16.6 Å². The third-order valence-corrected chi connectivity index (χ3v) is 5.92. The van der Waals surface area contributed by atoms with E-state index in [1.165, 1.54) is 18.6 Å². The van der Waals surface area contributed by atoms with Crippen molar-refractivity contribution in [1.82, 2.24) is 15.0 Å². The largest absolute Gasteiger partial charge is 0.349 e. The van der Waals surface area contributed by atoms with Gasteiger partial charge in [0.1, 0.15) is 0 Å². The normalized spacial score (nSPS) is 15.5. The number of amides is 1. The summed E-state index contributed by atoms with van der Waals surface area (Å²) in [6, 6.07) is 11.6. The van der Waals surface area contributed by atoms with E-state index in [0.717, 1.165) is 25.7 Å². The Balaban J connectivity index is 1.68. The molecular weight excluding hydrogens is 350 g/mol. The number of hydrogen-bond donors (Lipinski definition) is 2. The van der Waals surface area contributed by atoms with Crippen LogP contribution in [0.15, 0.2) is 53.6 Å². The topological polar surface area (TPSA) is 88.2 Å². The second-order valence-electron chi connectivity index (χ2n) is 6.48. The number of nitrogens with zero attached hydrogens (tertiary/aromatic N) is 1. The van der Waals surface area contributed by atoms with Gasteiger partial charge in [-0.1, -0.05) is 31.4 Å². The molecule has 138 valence electrons. The molecule has 0 spiro atoms. The van der Waals surface area contributed by atoms with Crippen LogP contribution >= 0.6 is 0 Å². The summed E-state index contributed by atoms with van der Waals surface area (Å²) in [7, 11) is -3.72. The van der Waals surface area contributed by atoms with Crippen LogP contribution in [0.4, 0.5) is 0 Å². The quantitative estimate of drug-likeness (QED) is 0.815. The van der Waals surface area contributed by atoms with E-state index in [4.69, 9.17) is 0 Å². The van der Waals surface area contributed by atoms with Crippen LogP contribution in [0.25, 0.3) is 0 Å². The van der Waals surface area contributed by atoms with Gasteiger partial charge in [0.05, 0.1) is 17.1 Å². The molecule has 0 unspecified atom stereocenters. The molecular formula is C19H23N3O3S. The van der Waals surface area contributed by atoms with Gasteiger partial charge in [-0.2, -0.15) is 0 Å². The Kier molecular flexibility index (Phi) is 6.00. The number of rotatable bonds is 6. The highest BCUT2D eigenvalue weighted by molar-refractivity contribution is 7.89. The van der Waals surface area contributed by atoms with Gasteiger partial charge in [0.2, 0.25) is 10.0 Å². The second-order valence-corrected chi connectivity index (χ2v) is 8.25. The summed E-state index contributed by atoms with van der Waals surface area (Å²) in [6.45, 7) is 0.0989. The number of carbonyl (C=O) groups excluding carboxylic acids is 1. The van der Waals surface area contributed by atoms with Crippen LogP contribution in [0, 0.1) is 0 Å². The van der Waals surface area contributed by atoms with Crippen LogP contribution < -0.4 is 10.0 Å². The van der Waals surface area contributed by atoms with E-state index in [2.05, 4.69) is 15.0 Å². The van der Waals surface area contributed by atoms with Crippen LogP contribution in [-0.4, -0.2) is 25.4 Å². The number of carbonyl (C=O) groups is 1. The number of benzene rings is 1. The average Bonchev–Trinajstić information content (AvgIpc) is 2.68. The Morgan fingerprint density at radius 1 is 1.08 bits per heavy atom. The minimum atomic E-state index is -3.72. The summed E-state index contributed by atoms with van der Waals surface area (Å²) in [5, 5.41) is 3.01. The molecule has 2 N–H and O–H groups in total. The maximum atomic E-state index is 12.5. The maximum Gasteiger partial charge on any atom is 0.251 e. The zero-order valence-corrected chi connectivity index (χ0v) is 15.3. The average molecular weight is 373 g/mol. The van der Waals surface area contributed by atoms with E-state index in [0.29, 0.717) is 11.3 Å². The molecule has 2 aromatic rings. The number of hydrogen-bond acceptors (Lipinski definition) is 4. The van der Waals surface area contributed by atoms with Gasteiger partial charge in [0.15, 0.2) is 0 Å². The molecule has 0 bridgehead atoms. The zero-order chi connectivity index (χ0) is 18.4. The molecule has 1 saturated carbocycles. The van der Waals surface area contributed by atoms with Crippen LogP contribution in [0.3, 0.4) is 0 Å². The Bertz CT molecular complexity index is 847. The van der Waals surface area contributed by atoms with Crippen molar-refractivity contribution in [3.63, 3.8) is 0 Å². The lowest BCUT2D eigenvalue weighted by Gasteiger charge is -2.22. The minimum Gasteiger partial charge on any atom is -0.349 e. The lowest BCUT2D eigenvalue weighted by Crippen LogP contribution is -2.36. The van der Waals surface area contributed by atoms with Crippen molar-refractivity contribution >= 4 is 15.9 Å². The van der Waals surface area contributed by atoms with Crippen molar-refractivity contribution in [3.05, 3.63) is 59.9 Å². The number of sulfonamides is 1. The molecule has 3 rings (SSSR count). The Labute approximate surface area is 154 Å². The molecule has 1 aromatic carbocycles. The highest BCUT2D eigenvalue weighted by atomic mass is 32.2. The predicted octanol–water partition coefficient (Wildman–Crippen LogP) is 2.62. The van der Waals surface area contributed by atoms with Crippen molar-refractivity contribution < 1.29 is 13.2 Å². The lowest BCUT2D eigenvalue weighted by atomic mass is 9.95. The predicted molar refractivity (Wildman–Crippen MR) is 99.0 cm³/mol. The van der Waals surface area contributed by atoms with Crippen molar-refractivity contribution in [2.75, 3.05) is 0 Å². The number of pyridine rings is 1. The molecule has 1 aromatic heterocycles. The van der Waals surface area contributed by atoms with Crippen LogP contribution in [0.2, 0.25) is 0 Å². The molecule has 1 fully saturated rings. The minimum absolute atomic E-state index is 0.0738. The van der Waals surface area contributed by atoms with Gasteiger partial charge in [0, 0.05) is 17.8 Å². The summed E-state index contributed by atoms with van der Waals surface area (Å²) in [5.74, 6) is -0.223. The first-order valence-electron chi connectivity index (χ1n) is 8.85. The molecule has 7 heteroatoms. The third-order valence-electron chi connectivity index (χ3n) is 4.52. The van der Waals surface area contributed by atoms with Gasteiger partial charge >= 0.3 is 0 Å². The van der Waals surface area contributed by atoms with Gasteiger partial charge in [-0.05, 0) is 43.2 Å². The summed E-state index contributed by atoms with van der Waals surface area (Å²) < 4.78 is 27.5. The molecule has 0 atom stereocenters. The maximum absolute atomic E-state index is 12.5. The molecule has 6 nitrogen and oxygen atoms in total. The Hall–Kier alpha value is -2.25. The summed E-state index contributed by atoms with van der Waals surface area (Å²) in [5.41, 5.74) is 0.985. The van der Waals surface area contributed by atoms with Crippen molar-refractivity contribution in [2.45, 2.75) is 49.6 Å². The summed E-state index contributed by atoms with van der Waals surface area (Å²) in [6.07, 6.45) is 7.03. The van der Waals surface area contributed by atoms with E-state index in [9.17, 15) is 13.2 Å².